The van der Waals surface area contributed by atoms with E-state index in [0.717, 1.165) is 31.4 Å². The number of ether oxygens (including phenoxy) is 1. The summed E-state index contributed by atoms with van der Waals surface area (Å²) in [7, 11) is 0. The zero-order valence-corrected chi connectivity index (χ0v) is 15.1. The van der Waals surface area contributed by atoms with Gasteiger partial charge in [0.15, 0.2) is 5.82 Å². The van der Waals surface area contributed by atoms with Gasteiger partial charge in [-0.2, -0.15) is 10.4 Å². The molecule has 140 valence electrons. The predicted octanol–water partition coefficient (Wildman–Crippen LogP) is 2.67. The number of carbonyl (C=O) groups is 2. The van der Waals surface area contributed by atoms with Crippen LogP contribution in [0.2, 0.25) is 0 Å². The van der Waals surface area contributed by atoms with Crippen LogP contribution in [0.15, 0.2) is 6.07 Å². The fourth-order valence-corrected chi connectivity index (χ4v) is 3.27. The summed E-state index contributed by atoms with van der Waals surface area (Å²) in [6.07, 6.45) is 3.47. The molecule has 3 N–H and O–H groups in total. The molecule has 1 heterocycles. The summed E-state index contributed by atoms with van der Waals surface area (Å²) in [5.41, 5.74) is 0.932. The first-order valence-electron chi connectivity index (χ1n) is 9.23. The van der Waals surface area contributed by atoms with E-state index in [9.17, 15) is 9.59 Å². The molecule has 0 bridgehead atoms. The third kappa shape index (κ3) is 4.34. The molecule has 8 nitrogen and oxygen atoms in total. The zero-order chi connectivity index (χ0) is 18.7. The number of aromatic amines is 1. The normalized spacial score (nSPS) is 28.0. The lowest BCUT2D eigenvalue weighted by Gasteiger charge is -2.16. The van der Waals surface area contributed by atoms with Crippen molar-refractivity contribution in [2.75, 3.05) is 5.32 Å². The second-order valence-electron chi connectivity index (χ2n) is 7.27. The summed E-state index contributed by atoms with van der Waals surface area (Å²) in [5, 5.41) is 21.5. The fraction of sp³-hybridized carbons (Fsp3) is 0.667. The zero-order valence-electron chi connectivity index (χ0n) is 15.1. The molecule has 0 radical (unpaired) electrons. The molecule has 5 atom stereocenters. The highest BCUT2D eigenvalue weighted by Crippen LogP contribution is 2.39. The molecule has 3 rings (SSSR count). The highest BCUT2D eigenvalue weighted by molar-refractivity contribution is 5.94. The van der Waals surface area contributed by atoms with E-state index in [0.29, 0.717) is 12.2 Å². The van der Waals surface area contributed by atoms with E-state index < -0.39 is 0 Å². The first-order chi connectivity index (χ1) is 12.5. The Balaban J connectivity index is 1.47. The van der Waals surface area contributed by atoms with Crippen molar-refractivity contribution in [2.24, 2.45) is 11.8 Å². The molecule has 0 spiro atoms. The molecule has 2 aliphatic rings. The minimum atomic E-state index is -0.362. The smallest absolute Gasteiger partial charge is 0.407 e. The van der Waals surface area contributed by atoms with Crippen molar-refractivity contribution in [3.63, 3.8) is 0 Å². The molecule has 2 amide bonds. The number of nitrogens with one attached hydrogen (secondary N) is 3. The number of aromatic nitrogens is 2. The molecule has 2 fully saturated rings. The van der Waals surface area contributed by atoms with Gasteiger partial charge in [0, 0.05) is 23.7 Å². The summed E-state index contributed by atoms with van der Waals surface area (Å²) in [4.78, 5) is 23.8. The van der Waals surface area contributed by atoms with Gasteiger partial charge in [-0.25, -0.2) is 4.79 Å². The van der Waals surface area contributed by atoms with Crippen LogP contribution in [0.1, 0.15) is 57.6 Å². The van der Waals surface area contributed by atoms with E-state index in [1.807, 2.05) is 19.9 Å². The van der Waals surface area contributed by atoms with Gasteiger partial charge in [-0.05, 0) is 39.0 Å². The number of alkyl carbamates (subject to hydrolysis) is 1. The highest BCUT2D eigenvalue weighted by atomic mass is 16.6. The van der Waals surface area contributed by atoms with Gasteiger partial charge < -0.3 is 15.4 Å². The van der Waals surface area contributed by atoms with E-state index in [2.05, 4.69) is 26.9 Å². The van der Waals surface area contributed by atoms with Crippen LogP contribution in [0.3, 0.4) is 0 Å². The SMILES string of the molecule is CC[C@H](C)NC(=O)O[C@@H]1CC[C@H](c2cc(NC(=O)C3CC3C#N)n[nH]2)C1. The molecule has 2 unspecified atom stereocenters. The first kappa shape index (κ1) is 18.2. The molecular weight excluding hydrogens is 334 g/mol. The lowest BCUT2D eigenvalue weighted by Crippen LogP contribution is -2.34. The van der Waals surface area contributed by atoms with Crippen LogP contribution < -0.4 is 10.6 Å². The monoisotopic (exact) mass is 359 g/mol. The quantitative estimate of drug-likeness (QED) is 0.721. The molecule has 0 aliphatic heterocycles. The molecule has 1 aromatic rings. The lowest BCUT2D eigenvalue weighted by molar-refractivity contribution is -0.117. The van der Waals surface area contributed by atoms with Crippen molar-refractivity contribution in [1.29, 1.82) is 5.26 Å². The second-order valence-corrected chi connectivity index (χ2v) is 7.27. The maximum atomic E-state index is 12.0. The van der Waals surface area contributed by atoms with Crippen LogP contribution in [0.5, 0.6) is 0 Å². The Bertz CT molecular complexity index is 710. The van der Waals surface area contributed by atoms with E-state index in [-0.39, 0.29) is 41.9 Å². The molecule has 2 aliphatic carbocycles. The van der Waals surface area contributed by atoms with E-state index in [1.165, 1.54) is 0 Å². The van der Waals surface area contributed by atoms with Crippen LogP contribution >= 0.6 is 0 Å². The number of nitriles is 1. The Kier molecular flexibility index (Phi) is 5.45. The third-order valence-corrected chi connectivity index (χ3v) is 5.22. The van der Waals surface area contributed by atoms with Crippen molar-refractivity contribution < 1.29 is 14.3 Å². The van der Waals surface area contributed by atoms with E-state index in [1.54, 1.807) is 0 Å². The molecular formula is C18H25N5O3. The van der Waals surface area contributed by atoms with Gasteiger partial charge in [-0.3, -0.25) is 9.89 Å². The third-order valence-electron chi connectivity index (χ3n) is 5.22. The molecule has 2 saturated carbocycles. The summed E-state index contributed by atoms with van der Waals surface area (Å²) >= 11 is 0. The lowest BCUT2D eigenvalue weighted by atomic mass is 10.0. The van der Waals surface area contributed by atoms with Crippen LogP contribution in [-0.2, 0) is 9.53 Å². The second kappa shape index (κ2) is 7.77. The van der Waals surface area contributed by atoms with Gasteiger partial charge in [-0.1, -0.05) is 6.92 Å². The van der Waals surface area contributed by atoms with Crippen LogP contribution in [0, 0.1) is 23.2 Å². The van der Waals surface area contributed by atoms with Crippen molar-refractivity contribution >= 4 is 17.8 Å². The molecule has 26 heavy (non-hydrogen) atoms. The van der Waals surface area contributed by atoms with Crippen molar-refractivity contribution in [3.05, 3.63) is 11.8 Å². The molecule has 0 aromatic carbocycles. The van der Waals surface area contributed by atoms with Crippen LogP contribution in [-0.4, -0.2) is 34.3 Å². The van der Waals surface area contributed by atoms with Gasteiger partial charge in [0.25, 0.3) is 0 Å². The Morgan fingerprint density at radius 1 is 1.46 bits per heavy atom. The Morgan fingerprint density at radius 2 is 2.27 bits per heavy atom. The van der Waals surface area contributed by atoms with Crippen molar-refractivity contribution in [1.82, 2.24) is 15.5 Å². The average molecular weight is 359 g/mol. The van der Waals surface area contributed by atoms with E-state index in [4.69, 9.17) is 10.00 Å². The minimum Gasteiger partial charge on any atom is -0.446 e. The van der Waals surface area contributed by atoms with Gasteiger partial charge in [-0.15, -0.1) is 0 Å². The molecule has 1 aromatic heterocycles. The molecule has 0 saturated heterocycles. The minimum absolute atomic E-state index is 0.102. The van der Waals surface area contributed by atoms with Crippen LogP contribution in [0.4, 0.5) is 10.6 Å². The largest absolute Gasteiger partial charge is 0.446 e. The summed E-state index contributed by atoms with van der Waals surface area (Å²) in [6.45, 7) is 3.95. The van der Waals surface area contributed by atoms with Gasteiger partial charge in [0.05, 0.1) is 17.9 Å². The summed E-state index contributed by atoms with van der Waals surface area (Å²) in [6, 6.07) is 4.04. The van der Waals surface area contributed by atoms with Gasteiger partial charge in [0.1, 0.15) is 6.10 Å². The standard InChI is InChI=1S/C18H25N5O3/c1-3-10(2)20-18(25)26-13-5-4-11(6-13)15-8-16(23-22-15)21-17(24)14-7-12(14)9-19/h8,10-14H,3-7H2,1-2H3,(H,20,25)(H2,21,22,23,24)/t10-,11-,12?,13+,14?/m0/s1. The van der Waals surface area contributed by atoms with Crippen molar-refractivity contribution in [2.45, 2.75) is 64.0 Å². The fourth-order valence-electron chi connectivity index (χ4n) is 3.27. The van der Waals surface area contributed by atoms with Crippen LogP contribution in [0.25, 0.3) is 0 Å². The van der Waals surface area contributed by atoms with E-state index >= 15 is 0 Å². The number of amides is 2. The Hall–Kier alpha value is -2.56. The number of carbonyl (C=O) groups excluding carboxylic acids is 2. The number of nitrogens with zero attached hydrogens (tertiary/aromatic N) is 2. The van der Waals surface area contributed by atoms with Gasteiger partial charge >= 0.3 is 6.09 Å². The van der Waals surface area contributed by atoms with Gasteiger partial charge in [0.2, 0.25) is 5.91 Å². The highest BCUT2D eigenvalue weighted by Gasteiger charge is 2.43. The average Bonchev–Trinajstić information content (AvgIpc) is 3.03. The Labute approximate surface area is 152 Å². The maximum Gasteiger partial charge on any atom is 0.407 e. The topological polar surface area (TPSA) is 120 Å². The van der Waals surface area contributed by atoms with Crippen molar-refractivity contribution in [3.8, 4) is 6.07 Å². The summed E-state index contributed by atoms with van der Waals surface area (Å²) < 4.78 is 5.49. The predicted molar refractivity (Wildman–Crippen MR) is 94.2 cm³/mol. The number of H-pyrrole nitrogens is 1. The molecule has 8 heteroatoms. The Morgan fingerprint density at radius 3 is 2.96 bits per heavy atom. The number of hydrogen-bond acceptors (Lipinski definition) is 5. The maximum absolute atomic E-state index is 12.0. The first-order valence-corrected chi connectivity index (χ1v) is 9.23. The number of hydrogen-bond donors (Lipinski definition) is 3. The number of anilines is 1. The number of rotatable bonds is 6. The summed E-state index contributed by atoms with van der Waals surface area (Å²) in [5.74, 6) is 0.176.